The lowest BCUT2D eigenvalue weighted by atomic mass is 10.2. The van der Waals surface area contributed by atoms with Crippen LogP contribution < -0.4 is 4.74 Å². The molecule has 2 aromatic heterocycles. The Bertz CT molecular complexity index is 809. The van der Waals surface area contributed by atoms with Crippen LogP contribution in [-0.2, 0) is 0 Å². The van der Waals surface area contributed by atoms with E-state index in [-0.39, 0.29) is 0 Å². The van der Waals surface area contributed by atoms with Crippen LogP contribution in [0.4, 0.5) is 0 Å². The zero-order valence-corrected chi connectivity index (χ0v) is 11.3. The number of nitrogens with zero attached hydrogens (tertiary/aromatic N) is 5. The summed E-state index contributed by atoms with van der Waals surface area (Å²) in [7, 11) is 1.61. The number of hydrogen-bond donors (Lipinski definition) is 0. The zero-order chi connectivity index (χ0) is 14.7. The SMILES string of the molecule is COc1ccc(/C=C(\C#N)n2nc3ccncc3n2)cc1. The van der Waals surface area contributed by atoms with E-state index in [9.17, 15) is 5.26 Å². The molecule has 3 aromatic rings. The molecule has 0 aliphatic rings. The third-order valence-electron chi connectivity index (χ3n) is 2.93. The van der Waals surface area contributed by atoms with Crippen molar-refractivity contribution in [2.24, 2.45) is 0 Å². The number of aromatic nitrogens is 4. The van der Waals surface area contributed by atoms with Crippen molar-refractivity contribution in [2.75, 3.05) is 7.11 Å². The van der Waals surface area contributed by atoms with Crippen LogP contribution in [0.2, 0.25) is 0 Å². The van der Waals surface area contributed by atoms with E-state index < -0.39 is 0 Å². The highest BCUT2D eigenvalue weighted by Crippen LogP contribution is 2.16. The first-order valence-electron chi connectivity index (χ1n) is 6.23. The van der Waals surface area contributed by atoms with E-state index in [0.29, 0.717) is 16.7 Å². The molecular formula is C15H11N5O. The molecular weight excluding hydrogens is 266 g/mol. The van der Waals surface area contributed by atoms with Gasteiger partial charge in [-0.2, -0.15) is 5.26 Å². The molecule has 2 heterocycles. The molecule has 0 N–H and O–H groups in total. The van der Waals surface area contributed by atoms with E-state index in [1.54, 1.807) is 31.6 Å². The fourth-order valence-corrected chi connectivity index (χ4v) is 1.87. The monoisotopic (exact) mass is 277 g/mol. The number of fused-ring (bicyclic) bond motifs is 1. The predicted molar refractivity (Wildman–Crippen MR) is 78.1 cm³/mol. The maximum Gasteiger partial charge on any atom is 0.163 e. The number of rotatable bonds is 3. The average molecular weight is 277 g/mol. The van der Waals surface area contributed by atoms with E-state index in [2.05, 4.69) is 21.3 Å². The lowest BCUT2D eigenvalue weighted by molar-refractivity contribution is 0.415. The topological polar surface area (TPSA) is 76.6 Å². The molecule has 3 rings (SSSR count). The maximum atomic E-state index is 9.31. The van der Waals surface area contributed by atoms with Crippen LogP contribution in [0.1, 0.15) is 5.56 Å². The van der Waals surface area contributed by atoms with Crippen LogP contribution >= 0.6 is 0 Å². The van der Waals surface area contributed by atoms with Crippen molar-refractivity contribution < 1.29 is 4.74 Å². The Hall–Kier alpha value is -3.20. The number of ether oxygens (including phenoxy) is 1. The molecule has 0 unspecified atom stereocenters. The van der Waals surface area contributed by atoms with Crippen LogP contribution in [0.3, 0.4) is 0 Å². The Morgan fingerprint density at radius 1 is 1.19 bits per heavy atom. The number of nitriles is 1. The second-order valence-electron chi connectivity index (χ2n) is 4.27. The van der Waals surface area contributed by atoms with Gasteiger partial charge in [-0.05, 0) is 29.8 Å². The summed E-state index contributed by atoms with van der Waals surface area (Å²) in [6, 6.07) is 11.2. The highest BCUT2D eigenvalue weighted by atomic mass is 16.5. The third kappa shape index (κ3) is 2.58. The minimum absolute atomic E-state index is 0.330. The number of hydrogen-bond acceptors (Lipinski definition) is 5. The molecule has 0 aliphatic carbocycles. The van der Waals surface area contributed by atoms with Crippen molar-refractivity contribution in [2.45, 2.75) is 0 Å². The highest BCUT2D eigenvalue weighted by Gasteiger charge is 2.06. The summed E-state index contributed by atoms with van der Waals surface area (Å²) >= 11 is 0. The van der Waals surface area contributed by atoms with Gasteiger partial charge in [-0.15, -0.1) is 15.0 Å². The van der Waals surface area contributed by atoms with Crippen LogP contribution in [0, 0.1) is 11.3 Å². The van der Waals surface area contributed by atoms with Gasteiger partial charge in [0.2, 0.25) is 0 Å². The second-order valence-corrected chi connectivity index (χ2v) is 4.27. The summed E-state index contributed by atoms with van der Waals surface area (Å²) < 4.78 is 5.10. The molecule has 0 saturated carbocycles. The molecule has 0 fully saturated rings. The van der Waals surface area contributed by atoms with Crippen molar-refractivity contribution in [3.8, 4) is 11.8 Å². The van der Waals surface area contributed by atoms with Gasteiger partial charge in [0.05, 0.1) is 13.3 Å². The van der Waals surface area contributed by atoms with Crippen molar-refractivity contribution in [1.29, 1.82) is 5.26 Å². The molecule has 0 aliphatic heterocycles. The smallest absolute Gasteiger partial charge is 0.163 e. The van der Waals surface area contributed by atoms with Gasteiger partial charge in [0, 0.05) is 6.20 Å². The van der Waals surface area contributed by atoms with Crippen LogP contribution in [0.25, 0.3) is 22.8 Å². The number of methoxy groups -OCH3 is 1. The van der Waals surface area contributed by atoms with Gasteiger partial charge in [-0.25, -0.2) is 0 Å². The Morgan fingerprint density at radius 2 is 1.95 bits per heavy atom. The second kappa shape index (κ2) is 5.43. The molecule has 6 heteroatoms. The van der Waals surface area contributed by atoms with Gasteiger partial charge in [0.25, 0.3) is 0 Å². The summed E-state index contributed by atoms with van der Waals surface area (Å²) in [6.45, 7) is 0. The van der Waals surface area contributed by atoms with E-state index in [4.69, 9.17) is 4.74 Å². The van der Waals surface area contributed by atoms with Gasteiger partial charge in [0.1, 0.15) is 22.9 Å². The molecule has 0 amide bonds. The molecule has 102 valence electrons. The summed E-state index contributed by atoms with van der Waals surface area (Å²) in [5, 5.41) is 17.8. The summed E-state index contributed by atoms with van der Waals surface area (Å²) in [4.78, 5) is 5.30. The van der Waals surface area contributed by atoms with Crippen molar-refractivity contribution in [1.82, 2.24) is 20.0 Å². The molecule has 0 radical (unpaired) electrons. The minimum Gasteiger partial charge on any atom is -0.497 e. The first-order chi connectivity index (χ1) is 10.3. The number of allylic oxidation sites excluding steroid dienone is 1. The fourth-order valence-electron chi connectivity index (χ4n) is 1.87. The molecule has 6 nitrogen and oxygen atoms in total. The molecule has 1 aromatic carbocycles. The van der Waals surface area contributed by atoms with Gasteiger partial charge < -0.3 is 4.74 Å². The summed E-state index contributed by atoms with van der Waals surface area (Å²) in [5.41, 5.74) is 2.54. The Kier molecular flexibility index (Phi) is 3.31. The lowest BCUT2D eigenvalue weighted by Crippen LogP contribution is -1.99. The van der Waals surface area contributed by atoms with E-state index >= 15 is 0 Å². The van der Waals surface area contributed by atoms with Crippen molar-refractivity contribution >= 4 is 22.8 Å². The van der Waals surface area contributed by atoms with Gasteiger partial charge in [0.15, 0.2) is 5.70 Å². The fraction of sp³-hybridized carbons (Fsp3) is 0.0667. The maximum absolute atomic E-state index is 9.31. The average Bonchev–Trinajstić information content (AvgIpc) is 2.97. The normalized spacial score (nSPS) is 11.3. The van der Waals surface area contributed by atoms with E-state index in [0.717, 1.165) is 11.3 Å². The van der Waals surface area contributed by atoms with Gasteiger partial charge in [-0.3, -0.25) is 4.98 Å². The van der Waals surface area contributed by atoms with Crippen molar-refractivity contribution in [3.63, 3.8) is 0 Å². The van der Waals surface area contributed by atoms with Crippen LogP contribution in [0.5, 0.6) is 5.75 Å². The summed E-state index contributed by atoms with van der Waals surface area (Å²) in [5.74, 6) is 0.764. The van der Waals surface area contributed by atoms with Gasteiger partial charge >= 0.3 is 0 Å². The number of pyridine rings is 1. The molecule has 21 heavy (non-hydrogen) atoms. The Balaban J connectivity index is 2.00. The van der Waals surface area contributed by atoms with Crippen molar-refractivity contribution in [3.05, 3.63) is 48.3 Å². The molecule has 0 saturated heterocycles. The van der Waals surface area contributed by atoms with Gasteiger partial charge in [-0.1, -0.05) is 12.1 Å². The Labute approximate surface area is 120 Å². The number of benzene rings is 1. The highest BCUT2D eigenvalue weighted by molar-refractivity contribution is 5.80. The van der Waals surface area contributed by atoms with E-state index in [1.165, 1.54) is 4.80 Å². The minimum atomic E-state index is 0.330. The molecule has 0 spiro atoms. The summed E-state index contributed by atoms with van der Waals surface area (Å²) in [6.07, 6.45) is 4.97. The standard InChI is InChI=1S/C15H11N5O/c1-21-13-4-2-11(3-5-13)8-12(9-16)20-18-14-6-7-17-10-15(14)19-20/h2-8,10H,1H3/b12-8+. The quantitative estimate of drug-likeness (QED) is 0.687. The van der Waals surface area contributed by atoms with Crippen LogP contribution in [0.15, 0.2) is 42.7 Å². The van der Waals surface area contributed by atoms with E-state index in [1.807, 2.05) is 24.3 Å². The predicted octanol–water partition coefficient (Wildman–Crippen LogP) is 2.36. The Morgan fingerprint density at radius 3 is 2.62 bits per heavy atom. The first-order valence-corrected chi connectivity index (χ1v) is 6.23. The van der Waals surface area contributed by atoms with Crippen LogP contribution in [-0.4, -0.2) is 27.1 Å². The largest absolute Gasteiger partial charge is 0.497 e. The molecule has 0 bridgehead atoms. The molecule has 0 atom stereocenters. The third-order valence-corrected chi connectivity index (χ3v) is 2.93. The first kappa shape index (κ1) is 12.8. The lowest BCUT2D eigenvalue weighted by Gasteiger charge is -2.00. The zero-order valence-electron chi connectivity index (χ0n) is 11.3.